The van der Waals surface area contributed by atoms with Gasteiger partial charge >= 0.3 is 5.97 Å². The Kier molecular flexibility index (Phi) is 5.19. The van der Waals surface area contributed by atoms with Gasteiger partial charge in [-0.2, -0.15) is 0 Å². The molecule has 3 aromatic rings. The molecule has 2 saturated carbocycles. The summed E-state index contributed by atoms with van der Waals surface area (Å²) in [6.07, 6.45) is 5.20. The van der Waals surface area contributed by atoms with Crippen LogP contribution >= 0.6 is 15.9 Å². The summed E-state index contributed by atoms with van der Waals surface area (Å²) in [7, 11) is 0. The largest absolute Gasteiger partial charge is 0.481 e. The molecule has 2 aromatic carbocycles. The van der Waals surface area contributed by atoms with Gasteiger partial charge in [-0.15, -0.1) is 0 Å². The van der Waals surface area contributed by atoms with Crippen molar-refractivity contribution in [3.63, 3.8) is 0 Å². The third-order valence-electron chi connectivity index (χ3n) is 7.15. The van der Waals surface area contributed by atoms with E-state index < -0.39 is 11.8 Å². The molecule has 7 heteroatoms. The molecule has 0 saturated heterocycles. The van der Waals surface area contributed by atoms with Crippen LogP contribution in [-0.2, 0) is 11.3 Å². The second kappa shape index (κ2) is 7.80. The molecule has 4 nitrogen and oxygen atoms in total. The molecule has 0 atom stereocenters. The van der Waals surface area contributed by atoms with Gasteiger partial charge in [-0.05, 0) is 67.3 Å². The van der Waals surface area contributed by atoms with Gasteiger partial charge in [0, 0.05) is 33.6 Å². The number of carboxylic acids is 1. The molecule has 2 aliphatic carbocycles. The van der Waals surface area contributed by atoms with Crippen LogP contribution in [0.25, 0.3) is 10.9 Å². The highest BCUT2D eigenvalue weighted by molar-refractivity contribution is 9.10. The van der Waals surface area contributed by atoms with Crippen LogP contribution in [0, 0.1) is 28.9 Å². The molecular formula is C25H22BrF2NO3. The van der Waals surface area contributed by atoms with Gasteiger partial charge in [-0.3, -0.25) is 9.59 Å². The van der Waals surface area contributed by atoms with E-state index in [1.807, 2.05) is 0 Å². The fraction of sp³-hybridized carbons (Fsp3) is 0.360. The van der Waals surface area contributed by atoms with Crippen molar-refractivity contribution < 1.29 is 23.5 Å². The summed E-state index contributed by atoms with van der Waals surface area (Å²) in [4.78, 5) is 24.2. The Morgan fingerprint density at radius 2 is 1.81 bits per heavy atom. The smallest absolute Gasteiger partial charge is 0.306 e. The number of benzene rings is 2. The zero-order valence-electron chi connectivity index (χ0n) is 17.3. The number of fused-ring (bicyclic) bond motifs is 1. The van der Waals surface area contributed by atoms with E-state index in [1.54, 1.807) is 29.0 Å². The van der Waals surface area contributed by atoms with Crippen molar-refractivity contribution in [3.05, 3.63) is 69.8 Å². The summed E-state index contributed by atoms with van der Waals surface area (Å²) in [5.74, 6) is -1.59. The maximum absolute atomic E-state index is 14.5. The molecule has 0 unspecified atom stereocenters. The minimum atomic E-state index is -0.730. The molecule has 2 fully saturated rings. The summed E-state index contributed by atoms with van der Waals surface area (Å²) in [5.41, 5.74) is 1.49. The Labute approximate surface area is 192 Å². The second-order valence-electron chi connectivity index (χ2n) is 9.38. The maximum atomic E-state index is 14.5. The summed E-state index contributed by atoms with van der Waals surface area (Å²) in [6, 6.07) is 9.26. The topological polar surface area (TPSA) is 59.3 Å². The molecule has 166 valence electrons. The monoisotopic (exact) mass is 501 g/mol. The molecule has 2 aliphatic rings. The first-order chi connectivity index (χ1) is 15.2. The Morgan fingerprint density at radius 3 is 2.50 bits per heavy atom. The van der Waals surface area contributed by atoms with Gasteiger partial charge < -0.3 is 9.67 Å². The molecule has 5 rings (SSSR count). The molecule has 1 N–H and O–H groups in total. The van der Waals surface area contributed by atoms with Crippen LogP contribution in [0.3, 0.4) is 0 Å². The Bertz CT molecular complexity index is 1240. The third kappa shape index (κ3) is 3.66. The van der Waals surface area contributed by atoms with Crippen molar-refractivity contribution in [1.29, 1.82) is 0 Å². The van der Waals surface area contributed by atoms with E-state index in [1.165, 1.54) is 18.2 Å². The van der Waals surface area contributed by atoms with E-state index >= 15 is 0 Å². The van der Waals surface area contributed by atoms with Crippen LogP contribution in [-0.4, -0.2) is 21.4 Å². The van der Waals surface area contributed by atoms with Crippen LogP contribution in [0.1, 0.15) is 48.0 Å². The number of rotatable bonds is 6. The number of carbonyl (C=O) groups excluding carboxylic acids is 1. The van der Waals surface area contributed by atoms with E-state index in [0.717, 1.165) is 12.8 Å². The summed E-state index contributed by atoms with van der Waals surface area (Å²) < 4.78 is 31.2. The average Bonchev–Trinajstić information content (AvgIpc) is 3.09. The number of halogens is 3. The summed E-state index contributed by atoms with van der Waals surface area (Å²) >= 11 is 3.25. The van der Waals surface area contributed by atoms with E-state index in [2.05, 4.69) is 15.9 Å². The zero-order valence-corrected chi connectivity index (χ0v) is 18.9. The molecule has 1 spiro atoms. The first-order valence-electron chi connectivity index (χ1n) is 10.7. The fourth-order valence-corrected chi connectivity index (χ4v) is 5.99. The Balaban J connectivity index is 1.36. The standard InChI is InChI=1S/C25H22BrF2NO3/c26-17-2-1-15(21(28)8-17)13-29-6-5-18-20(27)4-3-19(23(18)29)22(30)7-14-9-25(10-14)11-16(12-25)24(31)32/h1-6,8,14,16H,7,9-13H2,(H,31,32). The van der Waals surface area contributed by atoms with E-state index in [-0.39, 0.29) is 35.4 Å². The van der Waals surface area contributed by atoms with Crippen molar-refractivity contribution >= 4 is 38.6 Å². The van der Waals surface area contributed by atoms with Crippen molar-refractivity contribution in [2.75, 3.05) is 0 Å². The van der Waals surface area contributed by atoms with E-state index in [9.17, 15) is 18.4 Å². The lowest BCUT2D eigenvalue weighted by atomic mass is 9.47. The Hall–Kier alpha value is -2.54. The van der Waals surface area contributed by atoms with Crippen LogP contribution in [0.15, 0.2) is 47.1 Å². The molecule has 0 aliphatic heterocycles. The van der Waals surface area contributed by atoms with Crippen molar-refractivity contribution in [1.82, 2.24) is 4.57 Å². The van der Waals surface area contributed by atoms with Crippen molar-refractivity contribution in [3.8, 4) is 0 Å². The van der Waals surface area contributed by atoms with Crippen LogP contribution in [0.5, 0.6) is 0 Å². The summed E-state index contributed by atoms with van der Waals surface area (Å²) in [5, 5.41) is 9.45. The highest BCUT2D eigenvalue weighted by Crippen LogP contribution is 2.62. The van der Waals surface area contributed by atoms with E-state index in [0.29, 0.717) is 45.8 Å². The molecule has 1 heterocycles. The first-order valence-corrected chi connectivity index (χ1v) is 11.5. The van der Waals surface area contributed by atoms with Gasteiger partial charge in [0.1, 0.15) is 11.6 Å². The normalized spacial score (nSPS) is 24.3. The lowest BCUT2D eigenvalue weighted by Gasteiger charge is -2.56. The zero-order chi connectivity index (χ0) is 22.6. The summed E-state index contributed by atoms with van der Waals surface area (Å²) in [6.45, 7) is 0.190. The minimum Gasteiger partial charge on any atom is -0.481 e. The van der Waals surface area contributed by atoms with Crippen molar-refractivity contribution in [2.45, 2.75) is 38.6 Å². The van der Waals surface area contributed by atoms with Gasteiger partial charge in [0.25, 0.3) is 0 Å². The fourth-order valence-electron chi connectivity index (χ4n) is 5.66. The highest BCUT2D eigenvalue weighted by atomic mass is 79.9. The SMILES string of the molecule is O=C(CC1CC2(C1)CC(C(=O)O)C2)c1ccc(F)c2ccn(Cc3ccc(Br)cc3F)c12. The number of ketones is 1. The number of hydrogen-bond donors (Lipinski definition) is 1. The van der Waals surface area contributed by atoms with Gasteiger partial charge in [0.2, 0.25) is 0 Å². The number of carbonyl (C=O) groups is 2. The number of nitrogens with zero attached hydrogens (tertiary/aromatic N) is 1. The van der Waals surface area contributed by atoms with Gasteiger partial charge in [0.05, 0.1) is 18.0 Å². The number of aliphatic carboxylic acids is 1. The first kappa shape index (κ1) is 21.3. The average molecular weight is 502 g/mol. The number of Topliss-reactive ketones (excluding diaryl/α,β-unsaturated/α-hetero) is 1. The molecule has 0 radical (unpaired) electrons. The van der Waals surface area contributed by atoms with Gasteiger partial charge in [0.15, 0.2) is 5.78 Å². The van der Waals surface area contributed by atoms with Crippen LogP contribution in [0.4, 0.5) is 8.78 Å². The van der Waals surface area contributed by atoms with Crippen molar-refractivity contribution in [2.24, 2.45) is 17.3 Å². The second-order valence-corrected chi connectivity index (χ2v) is 10.3. The van der Waals surface area contributed by atoms with E-state index in [4.69, 9.17) is 5.11 Å². The van der Waals surface area contributed by atoms with Crippen LogP contribution < -0.4 is 0 Å². The molecule has 0 bridgehead atoms. The Morgan fingerprint density at radius 1 is 1.06 bits per heavy atom. The molecule has 32 heavy (non-hydrogen) atoms. The van der Waals surface area contributed by atoms with Gasteiger partial charge in [-0.25, -0.2) is 8.78 Å². The number of aromatic nitrogens is 1. The predicted octanol–water partition coefficient (Wildman–Crippen LogP) is 6.19. The van der Waals surface area contributed by atoms with Crippen LogP contribution in [0.2, 0.25) is 0 Å². The quantitative estimate of drug-likeness (QED) is 0.409. The highest BCUT2D eigenvalue weighted by Gasteiger charge is 2.54. The lowest BCUT2D eigenvalue weighted by Crippen LogP contribution is -2.50. The minimum absolute atomic E-state index is 0.0554. The number of hydrogen-bond acceptors (Lipinski definition) is 2. The lowest BCUT2D eigenvalue weighted by molar-refractivity contribution is -0.157. The third-order valence-corrected chi connectivity index (χ3v) is 7.65. The number of carboxylic acid groups (broad SMARTS) is 1. The predicted molar refractivity (Wildman–Crippen MR) is 120 cm³/mol. The maximum Gasteiger partial charge on any atom is 0.306 e. The molecule has 0 amide bonds. The molecular weight excluding hydrogens is 480 g/mol. The molecule has 1 aromatic heterocycles. The van der Waals surface area contributed by atoms with Gasteiger partial charge in [-0.1, -0.05) is 22.0 Å².